The molecule has 29 heavy (non-hydrogen) atoms. The summed E-state index contributed by atoms with van der Waals surface area (Å²) in [4.78, 5) is 25.6. The van der Waals surface area contributed by atoms with Gasteiger partial charge in [0.25, 0.3) is 5.91 Å². The molecule has 0 saturated carbocycles. The lowest BCUT2D eigenvalue weighted by Gasteiger charge is -2.36. The lowest BCUT2D eigenvalue weighted by molar-refractivity contribution is -0.120. The normalized spacial score (nSPS) is 21.0. The van der Waals surface area contributed by atoms with Crippen LogP contribution < -0.4 is 20.5 Å². The van der Waals surface area contributed by atoms with E-state index in [0.29, 0.717) is 23.3 Å². The number of piperidine rings is 1. The Morgan fingerprint density at radius 3 is 2.59 bits per heavy atom. The molecule has 0 spiro atoms. The molecule has 2 rings (SSSR count). The Morgan fingerprint density at radius 1 is 1.28 bits per heavy atom. The van der Waals surface area contributed by atoms with E-state index < -0.39 is 5.91 Å². The molecule has 2 amide bonds. The van der Waals surface area contributed by atoms with Gasteiger partial charge < -0.3 is 25.4 Å². The largest absolute Gasteiger partial charge is 0.493 e. The van der Waals surface area contributed by atoms with Gasteiger partial charge in [-0.1, -0.05) is 19.9 Å². The van der Waals surface area contributed by atoms with Crippen LogP contribution in [-0.4, -0.2) is 56.1 Å². The zero-order valence-electron chi connectivity index (χ0n) is 17.8. The molecule has 1 aliphatic heterocycles. The zero-order chi connectivity index (χ0) is 21.4. The predicted molar refractivity (Wildman–Crippen MR) is 114 cm³/mol. The van der Waals surface area contributed by atoms with E-state index in [9.17, 15) is 9.59 Å². The van der Waals surface area contributed by atoms with Crippen LogP contribution in [0.1, 0.15) is 32.8 Å². The Bertz CT molecular complexity index is 725. The van der Waals surface area contributed by atoms with Crippen LogP contribution in [0.15, 0.2) is 24.3 Å². The predicted octanol–water partition coefficient (Wildman–Crippen LogP) is 2.06. The number of carbonyl (C=O) groups excluding carboxylic acids is 2. The first-order valence-corrected chi connectivity index (χ1v) is 10.1. The summed E-state index contributed by atoms with van der Waals surface area (Å²) in [6, 6.07) is 5.27. The number of benzene rings is 1. The lowest BCUT2D eigenvalue weighted by Crippen LogP contribution is -2.46. The summed E-state index contributed by atoms with van der Waals surface area (Å²) in [5, 5.41) is 3.03. The molecule has 0 aromatic heterocycles. The average Bonchev–Trinajstić information content (AvgIpc) is 2.63. The molecule has 0 aliphatic carbocycles. The summed E-state index contributed by atoms with van der Waals surface area (Å²) in [7, 11) is 1.51. The van der Waals surface area contributed by atoms with Gasteiger partial charge in [0.05, 0.1) is 7.11 Å². The van der Waals surface area contributed by atoms with E-state index in [1.165, 1.54) is 19.6 Å². The fraction of sp³-hybridized carbons (Fsp3) is 0.545. The maximum absolute atomic E-state index is 12.3. The van der Waals surface area contributed by atoms with Gasteiger partial charge in [0, 0.05) is 31.8 Å². The van der Waals surface area contributed by atoms with Crippen molar-refractivity contribution in [3.63, 3.8) is 0 Å². The van der Waals surface area contributed by atoms with Crippen molar-refractivity contribution in [2.45, 2.75) is 33.2 Å². The molecule has 3 unspecified atom stereocenters. The third-order valence-corrected chi connectivity index (χ3v) is 4.85. The second kappa shape index (κ2) is 10.9. The van der Waals surface area contributed by atoms with E-state index in [0.717, 1.165) is 25.2 Å². The summed E-state index contributed by atoms with van der Waals surface area (Å²) in [5.41, 5.74) is 5.88. The number of rotatable bonds is 9. The first-order valence-electron chi connectivity index (χ1n) is 10.1. The minimum atomic E-state index is -0.560. The van der Waals surface area contributed by atoms with Crippen molar-refractivity contribution in [2.24, 2.45) is 17.6 Å². The van der Waals surface area contributed by atoms with Crippen LogP contribution in [0.25, 0.3) is 6.08 Å². The number of hydrogen-bond acceptors (Lipinski definition) is 5. The highest BCUT2D eigenvalue weighted by atomic mass is 16.5. The third kappa shape index (κ3) is 7.77. The standard InChI is InChI=1S/C22H33N3O4/c1-15-9-16(2)12-25(11-15)13-17(3)24-22(27)8-6-18-5-7-19(20(10-18)28-4)29-14-21(23)26/h5-8,10,15-17H,9,11-14H2,1-4H3,(H2,23,26)(H,24,27)/b8-6+. The zero-order valence-corrected chi connectivity index (χ0v) is 17.8. The second-order valence-corrected chi connectivity index (χ2v) is 8.07. The van der Waals surface area contributed by atoms with Crippen molar-refractivity contribution in [1.82, 2.24) is 10.2 Å². The lowest BCUT2D eigenvalue weighted by atomic mass is 9.92. The molecule has 0 radical (unpaired) electrons. The van der Waals surface area contributed by atoms with Crippen molar-refractivity contribution in [3.8, 4) is 11.5 Å². The SMILES string of the molecule is COc1cc(/C=C/C(=O)NC(C)CN2CC(C)CC(C)C2)ccc1OCC(N)=O. The molecule has 1 aromatic carbocycles. The van der Waals surface area contributed by atoms with Crippen LogP contribution in [0.2, 0.25) is 0 Å². The van der Waals surface area contributed by atoms with E-state index in [2.05, 4.69) is 24.1 Å². The third-order valence-electron chi connectivity index (χ3n) is 4.85. The molecule has 0 bridgehead atoms. The smallest absolute Gasteiger partial charge is 0.255 e. The van der Waals surface area contributed by atoms with Crippen LogP contribution in [0.4, 0.5) is 0 Å². The Labute approximate surface area is 173 Å². The fourth-order valence-electron chi connectivity index (χ4n) is 3.89. The number of amides is 2. The topological polar surface area (TPSA) is 93.9 Å². The summed E-state index contributed by atoms with van der Waals surface area (Å²) in [6.45, 7) is 9.41. The van der Waals surface area contributed by atoms with Crippen molar-refractivity contribution in [1.29, 1.82) is 0 Å². The van der Waals surface area contributed by atoms with Crippen LogP contribution in [0.5, 0.6) is 11.5 Å². The summed E-state index contributed by atoms with van der Waals surface area (Å²) in [6.07, 6.45) is 4.50. The van der Waals surface area contributed by atoms with Crippen LogP contribution in [0.3, 0.4) is 0 Å². The van der Waals surface area contributed by atoms with Gasteiger partial charge in [0.2, 0.25) is 5.91 Å². The molecule has 1 aromatic rings. The van der Waals surface area contributed by atoms with Crippen molar-refractivity contribution >= 4 is 17.9 Å². The Hall–Kier alpha value is -2.54. The number of likely N-dealkylation sites (tertiary alicyclic amines) is 1. The summed E-state index contributed by atoms with van der Waals surface area (Å²) >= 11 is 0. The van der Waals surface area contributed by atoms with Gasteiger partial charge in [-0.15, -0.1) is 0 Å². The monoisotopic (exact) mass is 403 g/mol. The highest BCUT2D eigenvalue weighted by Gasteiger charge is 2.23. The number of nitrogens with two attached hydrogens (primary N) is 1. The first kappa shape index (κ1) is 22.7. The minimum Gasteiger partial charge on any atom is -0.493 e. The van der Waals surface area contributed by atoms with E-state index in [4.69, 9.17) is 15.2 Å². The maximum atomic E-state index is 12.3. The first-order chi connectivity index (χ1) is 13.8. The Balaban J connectivity index is 1.88. The number of hydrogen-bond donors (Lipinski definition) is 2. The Morgan fingerprint density at radius 2 is 1.97 bits per heavy atom. The highest BCUT2D eigenvalue weighted by Crippen LogP contribution is 2.28. The van der Waals surface area contributed by atoms with E-state index in [-0.39, 0.29) is 18.6 Å². The number of nitrogens with one attached hydrogen (secondary N) is 1. The summed E-state index contributed by atoms with van der Waals surface area (Å²) < 4.78 is 10.6. The number of primary amides is 1. The highest BCUT2D eigenvalue weighted by molar-refractivity contribution is 5.92. The van der Waals surface area contributed by atoms with Crippen LogP contribution in [0, 0.1) is 11.8 Å². The van der Waals surface area contributed by atoms with Gasteiger partial charge in [-0.3, -0.25) is 9.59 Å². The summed E-state index contributed by atoms with van der Waals surface area (Å²) in [5.74, 6) is 1.60. The molecule has 7 nitrogen and oxygen atoms in total. The van der Waals surface area contributed by atoms with E-state index in [1.54, 1.807) is 24.3 Å². The molecular weight excluding hydrogens is 370 g/mol. The van der Waals surface area contributed by atoms with Gasteiger partial charge >= 0.3 is 0 Å². The van der Waals surface area contributed by atoms with Gasteiger partial charge in [0.1, 0.15) is 0 Å². The van der Waals surface area contributed by atoms with Gasteiger partial charge in [0.15, 0.2) is 18.1 Å². The fourth-order valence-corrected chi connectivity index (χ4v) is 3.89. The molecular formula is C22H33N3O4. The second-order valence-electron chi connectivity index (χ2n) is 8.07. The van der Waals surface area contributed by atoms with Crippen molar-refractivity contribution in [3.05, 3.63) is 29.8 Å². The molecule has 7 heteroatoms. The molecule has 160 valence electrons. The van der Waals surface area contributed by atoms with Gasteiger partial charge in [-0.05, 0) is 49.0 Å². The number of methoxy groups -OCH3 is 1. The average molecular weight is 404 g/mol. The quantitative estimate of drug-likeness (QED) is 0.616. The number of nitrogens with zero attached hydrogens (tertiary/aromatic N) is 1. The Kier molecular flexibility index (Phi) is 8.51. The number of ether oxygens (including phenoxy) is 2. The van der Waals surface area contributed by atoms with Gasteiger partial charge in [-0.2, -0.15) is 0 Å². The van der Waals surface area contributed by atoms with Crippen LogP contribution >= 0.6 is 0 Å². The molecule has 3 N–H and O–H groups in total. The molecule has 1 fully saturated rings. The van der Waals surface area contributed by atoms with E-state index >= 15 is 0 Å². The molecule has 3 atom stereocenters. The molecule has 1 aliphatic rings. The number of carbonyl (C=O) groups is 2. The van der Waals surface area contributed by atoms with Crippen molar-refractivity contribution < 1.29 is 19.1 Å². The van der Waals surface area contributed by atoms with Crippen LogP contribution in [-0.2, 0) is 9.59 Å². The van der Waals surface area contributed by atoms with E-state index in [1.807, 2.05) is 6.92 Å². The van der Waals surface area contributed by atoms with Crippen molar-refractivity contribution in [2.75, 3.05) is 33.4 Å². The molecule has 1 saturated heterocycles. The molecule has 1 heterocycles. The van der Waals surface area contributed by atoms with Gasteiger partial charge in [-0.25, -0.2) is 0 Å². The maximum Gasteiger partial charge on any atom is 0.255 e. The minimum absolute atomic E-state index is 0.0729.